The summed E-state index contributed by atoms with van der Waals surface area (Å²) in [5.74, 6) is -1.82. The van der Waals surface area contributed by atoms with Gasteiger partial charge in [0.25, 0.3) is 0 Å². The maximum atomic E-state index is 13.3. The molecule has 4 atom stereocenters. The molecule has 2 aliphatic heterocycles. The van der Waals surface area contributed by atoms with Crippen LogP contribution in [0.15, 0.2) is 24.3 Å². The van der Waals surface area contributed by atoms with Gasteiger partial charge in [0.15, 0.2) is 0 Å². The number of hydrogen-bond donors (Lipinski definition) is 1. The van der Waals surface area contributed by atoms with E-state index in [9.17, 15) is 14.4 Å². The summed E-state index contributed by atoms with van der Waals surface area (Å²) in [5, 5.41) is 3.40. The van der Waals surface area contributed by atoms with E-state index < -0.39 is 29.4 Å². The molecule has 2 fully saturated rings. The van der Waals surface area contributed by atoms with Crippen LogP contribution in [0.5, 0.6) is 5.75 Å². The second-order valence-electron chi connectivity index (χ2n) is 7.58. The minimum Gasteiger partial charge on any atom is -0.496 e. The van der Waals surface area contributed by atoms with Gasteiger partial charge in [-0.25, -0.2) is 0 Å². The molecule has 0 spiro atoms. The summed E-state index contributed by atoms with van der Waals surface area (Å²) in [6.07, 6.45) is 2.03. The number of methoxy groups -OCH3 is 1. The number of nitrogens with zero attached hydrogens (tertiary/aromatic N) is 1. The third-order valence-electron chi connectivity index (χ3n) is 6.10. The predicted octanol–water partition coefficient (Wildman–Crippen LogP) is 2.45. The number of nitrogens with one attached hydrogen (secondary N) is 1. The van der Waals surface area contributed by atoms with Gasteiger partial charge in [0.2, 0.25) is 11.8 Å². The fourth-order valence-electron chi connectivity index (χ4n) is 4.80. The number of carbonyl (C=O) groups is 3. The Hall–Kier alpha value is -2.41. The number of esters is 1. The van der Waals surface area contributed by atoms with Crippen LogP contribution < -0.4 is 10.1 Å². The maximum absolute atomic E-state index is 13.3. The van der Waals surface area contributed by atoms with Crippen molar-refractivity contribution in [3.05, 3.63) is 29.8 Å². The molecule has 0 bridgehead atoms. The summed E-state index contributed by atoms with van der Waals surface area (Å²) in [5.41, 5.74) is -0.453. The van der Waals surface area contributed by atoms with Crippen molar-refractivity contribution in [3.8, 4) is 5.75 Å². The highest BCUT2D eigenvalue weighted by atomic mass is 16.5. The molecule has 158 valence electrons. The van der Waals surface area contributed by atoms with Gasteiger partial charge in [-0.15, -0.1) is 0 Å². The smallest absolute Gasteiger partial charge is 0.327 e. The van der Waals surface area contributed by atoms with E-state index in [1.54, 1.807) is 21.0 Å². The first-order valence-corrected chi connectivity index (χ1v) is 10.4. The average molecular weight is 402 g/mol. The quantitative estimate of drug-likeness (QED) is 0.531. The Morgan fingerprint density at radius 2 is 1.90 bits per heavy atom. The van der Waals surface area contributed by atoms with Gasteiger partial charge in [-0.1, -0.05) is 38.0 Å². The highest BCUT2D eigenvalue weighted by Gasteiger charge is 2.68. The number of imide groups is 1. The van der Waals surface area contributed by atoms with Crippen LogP contribution in [0.4, 0.5) is 0 Å². The minimum absolute atomic E-state index is 0.213. The maximum Gasteiger partial charge on any atom is 0.327 e. The van der Waals surface area contributed by atoms with Crippen molar-refractivity contribution >= 4 is 17.8 Å². The molecule has 2 amide bonds. The molecule has 0 aromatic heterocycles. The summed E-state index contributed by atoms with van der Waals surface area (Å²) < 4.78 is 10.9. The second-order valence-corrected chi connectivity index (χ2v) is 7.58. The van der Waals surface area contributed by atoms with E-state index in [4.69, 9.17) is 9.47 Å². The van der Waals surface area contributed by atoms with E-state index in [0.29, 0.717) is 12.2 Å². The summed E-state index contributed by atoms with van der Waals surface area (Å²) >= 11 is 0. The highest BCUT2D eigenvalue weighted by Crippen LogP contribution is 2.52. The molecular weight excluding hydrogens is 372 g/mol. The number of unbranched alkanes of at least 4 members (excludes halogenated alkanes) is 1. The minimum atomic E-state index is -1.22. The van der Waals surface area contributed by atoms with Gasteiger partial charge in [0, 0.05) is 18.2 Å². The zero-order valence-electron chi connectivity index (χ0n) is 17.6. The van der Waals surface area contributed by atoms with Crippen LogP contribution in [-0.2, 0) is 19.1 Å². The van der Waals surface area contributed by atoms with E-state index in [1.807, 2.05) is 31.2 Å². The summed E-state index contributed by atoms with van der Waals surface area (Å²) in [4.78, 5) is 41.0. The van der Waals surface area contributed by atoms with Crippen LogP contribution in [0.25, 0.3) is 0 Å². The van der Waals surface area contributed by atoms with Crippen molar-refractivity contribution in [3.63, 3.8) is 0 Å². The number of hydrogen-bond acceptors (Lipinski definition) is 6. The van der Waals surface area contributed by atoms with Crippen LogP contribution >= 0.6 is 0 Å². The molecule has 2 heterocycles. The van der Waals surface area contributed by atoms with E-state index in [2.05, 4.69) is 5.32 Å². The standard InChI is InChI=1S/C22H30N2O5/c1-5-8-13-22(21(27)29-7-3)17-16(19(25)24(6-2)20(17)26)18(23-22)14-11-9-10-12-15(14)28-4/h9-12,16-18,23H,5-8,13H2,1-4H3/t16-,17-,18-,22+/m0/s1. The largest absolute Gasteiger partial charge is 0.496 e. The molecule has 0 saturated carbocycles. The fourth-order valence-corrected chi connectivity index (χ4v) is 4.80. The molecule has 7 nitrogen and oxygen atoms in total. The van der Waals surface area contributed by atoms with Gasteiger partial charge >= 0.3 is 5.97 Å². The number of ether oxygens (including phenoxy) is 2. The molecule has 29 heavy (non-hydrogen) atoms. The molecule has 0 aliphatic carbocycles. The number of carbonyl (C=O) groups excluding carboxylic acids is 3. The third kappa shape index (κ3) is 3.31. The van der Waals surface area contributed by atoms with Crippen molar-refractivity contribution in [2.45, 2.75) is 51.6 Å². The van der Waals surface area contributed by atoms with E-state index in [0.717, 1.165) is 18.4 Å². The first kappa shape index (κ1) is 21.3. The van der Waals surface area contributed by atoms with Crippen LogP contribution in [-0.4, -0.2) is 48.5 Å². The number of para-hydroxylation sites is 1. The van der Waals surface area contributed by atoms with Gasteiger partial charge in [-0.3, -0.25) is 24.6 Å². The van der Waals surface area contributed by atoms with Crippen molar-refractivity contribution < 1.29 is 23.9 Å². The van der Waals surface area contributed by atoms with Gasteiger partial charge in [-0.05, 0) is 26.3 Å². The van der Waals surface area contributed by atoms with E-state index in [-0.39, 0.29) is 25.0 Å². The third-order valence-corrected chi connectivity index (χ3v) is 6.10. The Balaban J connectivity index is 2.16. The number of fused-ring (bicyclic) bond motifs is 1. The summed E-state index contributed by atoms with van der Waals surface area (Å²) in [6.45, 7) is 6.06. The topological polar surface area (TPSA) is 84.9 Å². The fraction of sp³-hybridized carbons (Fsp3) is 0.591. The summed E-state index contributed by atoms with van der Waals surface area (Å²) in [6, 6.07) is 6.90. The molecule has 2 saturated heterocycles. The molecule has 0 unspecified atom stereocenters. The normalized spacial score (nSPS) is 28.6. The monoisotopic (exact) mass is 402 g/mol. The lowest BCUT2D eigenvalue weighted by atomic mass is 9.76. The van der Waals surface area contributed by atoms with Gasteiger partial charge in [0.05, 0.1) is 25.6 Å². The zero-order valence-corrected chi connectivity index (χ0v) is 17.6. The molecule has 7 heteroatoms. The molecule has 1 aromatic carbocycles. The molecular formula is C22H30N2O5. The molecule has 1 N–H and O–H groups in total. The summed E-state index contributed by atoms with van der Waals surface area (Å²) in [7, 11) is 1.57. The SMILES string of the molecule is CCCC[C@@]1(C(=O)OCC)N[C@@H](c2ccccc2OC)[C@H]2C(=O)N(CC)C(=O)[C@H]21. The van der Waals surface area contributed by atoms with Crippen molar-refractivity contribution in [2.24, 2.45) is 11.8 Å². The van der Waals surface area contributed by atoms with Crippen molar-refractivity contribution in [2.75, 3.05) is 20.3 Å². The molecule has 1 aromatic rings. The van der Waals surface area contributed by atoms with E-state index >= 15 is 0 Å². The average Bonchev–Trinajstić information content (AvgIpc) is 3.20. The number of benzene rings is 1. The lowest BCUT2D eigenvalue weighted by Crippen LogP contribution is -2.56. The number of amides is 2. The Morgan fingerprint density at radius 3 is 2.52 bits per heavy atom. The first-order chi connectivity index (χ1) is 14.0. The number of likely N-dealkylation sites (tertiary alicyclic amines) is 1. The molecule has 2 aliphatic rings. The van der Waals surface area contributed by atoms with Crippen LogP contribution in [0.2, 0.25) is 0 Å². The second kappa shape index (κ2) is 8.53. The molecule has 0 radical (unpaired) electrons. The lowest BCUT2D eigenvalue weighted by Gasteiger charge is -2.33. The Labute approximate surface area is 171 Å². The van der Waals surface area contributed by atoms with Gasteiger partial charge < -0.3 is 9.47 Å². The molecule has 3 rings (SSSR count). The van der Waals surface area contributed by atoms with E-state index in [1.165, 1.54) is 4.90 Å². The number of rotatable bonds is 8. The zero-order chi connectivity index (χ0) is 21.2. The van der Waals surface area contributed by atoms with Gasteiger partial charge in [-0.2, -0.15) is 0 Å². The van der Waals surface area contributed by atoms with Crippen molar-refractivity contribution in [1.29, 1.82) is 0 Å². The highest BCUT2D eigenvalue weighted by molar-refractivity contribution is 6.09. The van der Waals surface area contributed by atoms with Crippen molar-refractivity contribution in [1.82, 2.24) is 10.2 Å². The van der Waals surface area contributed by atoms with Crippen LogP contribution in [0, 0.1) is 11.8 Å². The van der Waals surface area contributed by atoms with Crippen LogP contribution in [0.1, 0.15) is 51.6 Å². The Morgan fingerprint density at radius 1 is 1.17 bits per heavy atom. The first-order valence-electron chi connectivity index (χ1n) is 10.4. The van der Waals surface area contributed by atoms with Gasteiger partial charge in [0.1, 0.15) is 11.3 Å². The predicted molar refractivity (Wildman–Crippen MR) is 107 cm³/mol. The lowest BCUT2D eigenvalue weighted by molar-refractivity contribution is -0.156. The Bertz CT molecular complexity index is 795. The van der Waals surface area contributed by atoms with Crippen LogP contribution in [0.3, 0.4) is 0 Å². The Kier molecular flexibility index (Phi) is 6.27.